The fourth-order valence-electron chi connectivity index (χ4n) is 6.33. The summed E-state index contributed by atoms with van der Waals surface area (Å²) in [5.74, 6) is 3.47. The first-order valence-electron chi connectivity index (χ1n) is 8.68. The number of carbonyl (C=O) groups excluding carboxylic acids is 1. The Morgan fingerprint density at radius 3 is 2.35 bits per heavy atom. The van der Waals surface area contributed by atoms with Crippen molar-refractivity contribution >= 4 is 6.09 Å². The zero-order chi connectivity index (χ0) is 13.7. The summed E-state index contributed by atoms with van der Waals surface area (Å²) < 4.78 is 5.40. The van der Waals surface area contributed by atoms with Crippen LogP contribution in [0.3, 0.4) is 0 Å². The first-order valence-corrected chi connectivity index (χ1v) is 8.68. The lowest BCUT2D eigenvalue weighted by Gasteiger charge is -2.65. The Balaban J connectivity index is 1.67. The normalized spacial score (nSPS) is 46.0. The van der Waals surface area contributed by atoms with Crippen molar-refractivity contribution in [1.82, 2.24) is 4.90 Å². The molecule has 4 saturated carbocycles. The second-order valence-electron chi connectivity index (χ2n) is 7.60. The van der Waals surface area contributed by atoms with Crippen LogP contribution in [0.4, 0.5) is 4.79 Å². The Morgan fingerprint density at radius 1 is 1.10 bits per heavy atom. The predicted octanol–water partition coefficient (Wildman–Crippen LogP) is 3.82. The molecule has 0 N–H and O–H groups in total. The van der Waals surface area contributed by atoms with E-state index in [0.29, 0.717) is 6.61 Å². The first kappa shape index (κ1) is 13.0. The maximum absolute atomic E-state index is 12.5. The van der Waals surface area contributed by atoms with E-state index in [2.05, 4.69) is 4.90 Å². The molecule has 0 atom stereocenters. The van der Waals surface area contributed by atoms with E-state index in [-0.39, 0.29) is 11.6 Å². The minimum atomic E-state index is -0.0281. The molecule has 0 aromatic rings. The van der Waals surface area contributed by atoms with E-state index >= 15 is 0 Å². The first-order chi connectivity index (χ1) is 9.74. The fraction of sp³-hybridized carbons (Fsp3) is 0.941. The number of carbonyl (C=O) groups is 1. The van der Waals surface area contributed by atoms with E-state index < -0.39 is 0 Å². The van der Waals surface area contributed by atoms with Crippen LogP contribution in [0.5, 0.6) is 0 Å². The lowest BCUT2D eigenvalue weighted by Crippen LogP contribution is -2.68. The van der Waals surface area contributed by atoms with Crippen LogP contribution in [0.1, 0.15) is 58.3 Å². The number of likely N-dealkylation sites (tertiary alicyclic amines) is 1. The fourth-order valence-corrected chi connectivity index (χ4v) is 6.33. The number of amides is 1. The van der Waals surface area contributed by atoms with Gasteiger partial charge < -0.3 is 9.64 Å². The molecule has 0 aromatic carbocycles. The molecule has 3 nitrogen and oxygen atoms in total. The van der Waals surface area contributed by atoms with Gasteiger partial charge in [-0.2, -0.15) is 0 Å². The molecular weight excluding hydrogens is 250 g/mol. The molecule has 3 heteroatoms. The Labute approximate surface area is 122 Å². The summed E-state index contributed by atoms with van der Waals surface area (Å²) >= 11 is 0. The van der Waals surface area contributed by atoms with Gasteiger partial charge in [0.2, 0.25) is 0 Å². The molecule has 4 aliphatic carbocycles. The monoisotopic (exact) mass is 277 g/mol. The van der Waals surface area contributed by atoms with Gasteiger partial charge >= 0.3 is 6.09 Å². The van der Waals surface area contributed by atoms with Gasteiger partial charge in [0.05, 0.1) is 12.1 Å². The van der Waals surface area contributed by atoms with Crippen LogP contribution in [-0.2, 0) is 4.74 Å². The van der Waals surface area contributed by atoms with Crippen LogP contribution >= 0.6 is 0 Å². The maximum Gasteiger partial charge on any atom is 0.410 e. The minimum absolute atomic E-state index is 0.0281. The van der Waals surface area contributed by atoms with Crippen molar-refractivity contribution in [2.24, 2.45) is 23.7 Å². The second kappa shape index (κ2) is 4.64. The van der Waals surface area contributed by atoms with Crippen LogP contribution in [0.15, 0.2) is 0 Å². The Hall–Kier alpha value is -0.730. The van der Waals surface area contributed by atoms with E-state index in [9.17, 15) is 4.79 Å². The van der Waals surface area contributed by atoms with Gasteiger partial charge in [0, 0.05) is 6.54 Å². The minimum Gasteiger partial charge on any atom is -0.450 e. The van der Waals surface area contributed by atoms with Crippen LogP contribution in [-0.4, -0.2) is 29.7 Å². The Kier molecular flexibility index (Phi) is 3.01. The molecule has 20 heavy (non-hydrogen) atoms. The number of nitrogens with zero attached hydrogens (tertiary/aromatic N) is 1. The third-order valence-corrected chi connectivity index (χ3v) is 6.75. The van der Waals surface area contributed by atoms with Gasteiger partial charge in [-0.3, -0.25) is 0 Å². The number of rotatable bonds is 1. The Bertz CT molecular complexity index is 378. The van der Waals surface area contributed by atoms with Crippen molar-refractivity contribution in [2.45, 2.75) is 63.8 Å². The molecule has 1 aliphatic heterocycles. The summed E-state index contributed by atoms with van der Waals surface area (Å²) in [7, 11) is 0. The largest absolute Gasteiger partial charge is 0.450 e. The SMILES string of the molecule is CCOC(=O)N1CCCCC12C1CC3CC(C1)CC2C3. The molecule has 4 bridgehead atoms. The zero-order valence-electron chi connectivity index (χ0n) is 12.6. The van der Waals surface area contributed by atoms with Crippen molar-refractivity contribution in [2.75, 3.05) is 13.2 Å². The molecule has 5 fully saturated rings. The third kappa shape index (κ3) is 1.67. The molecule has 1 spiro atoms. The molecular formula is C17H27NO2. The summed E-state index contributed by atoms with van der Waals surface area (Å²) in [5, 5.41) is 0. The summed E-state index contributed by atoms with van der Waals surface area (Å²) in [6.45, 7) is 3.36. The molecule has 0 radical (unpaired) electrons. The number of piperidine rings is 1. The zero-order valence-corrected chi connectivity index (χ0v) is 12.6. The molecule has 1 saturated heterocycles. The van der Waals surface area contributed by atoms with Gasteiger partial charge in [0.1, 0.15) is 0 Å². The summed E-state index contributed by atoms with van der Waals surface area (Å²) in [4.78, 5) is 14.7. The van der Waals surface area contributed by atoms with E-state index in [1.54, 1.807) is 0 Å². The van der Waals surface area contributed by atoms with E-state index in [4.69, 9.17) is 4.74 Å². The number of hydrogen-bond donors (Lipinski definition) is 0. The van der Waals surface area contributed by atoms with E-state index in [1.165, 1.54) is 44.9 Å². The molecule has 112 valence electrons. The molecule has 5 rings (SSSR count). The predicted molar refractivity (Wildman–Crippen MR) is 77.4 cm³/mol. The molecule has 0 unspecified atom stereocenters. The highest BCUT2D eigenvalue weighted by Gasteiger charge is 2.61. The highest BCUT2D eigenvalue weighted by atomic mass is 16.6. The van der Waals surface area contributed by atoms with E-state index in [0.717, 1.165) is 36.6 Å². The number of ether oxygens (including phenoxy) is 1. The van der Waals surface area contributed by atoms with Crippen LogP contribution in [0.2, 0.25) is 0 Å². The van der Waals surface area contributed by atoms with Crippen LogP contribution < -0.4 is 0 Å². The highest BCUT2D eigenvalue weighted by molar-refractivity contribution is 5.69. The van der Waals surface area contributed by atoms with Crippen LogP contribution in [0, 0.1) is 23.7 Å². The quantitative estimate of drug-likeness (QED) is 0.729. The molecule has 1 heterocycles. The van der Waals surface area contributed by atoms with Gasteiger partial charge in [0.25, 0.3) is 0 Å². The van der Waals surface area contributed by atoms with Gasteiger partial charge in [0.15, 0.2) is 0 Å². The van der Waals surface area contributed by atoms with Gasteiger partial charge in [-0.25, -0.2) is 4.79 Å². The average molecular weight is 277 g/mol. The smallest absolute Gasteiger partial charge is 0.410 e. The standard InChI is InChI=1S/C17H27NO2/c1-2-20-16(19)18-6-4-3-5-17(18)14-8-12-7-13(10-14)11-15(17)9-12/h12-15H,2-11H2,1H3. The van der Waals surface area contributed by atoms with Gasteiger partial charge in [-0.05, 0) is 82.0 Å². The van der Waals surface area contributed by atoms with Crippen molar-refractivity contribution in [1.29, 1.82) is 0 Å². The van der Waals surface area contributed by atoms with E-state index in [1.807, 2.05) is 6.92 Å². The summed E-state index contributed by atoms with van der Waals surface area (Å²) in [6.07, 6.45) is 10.7. The van der Waals surface area contributed by atoms with Crippen molar-refractivity contribution < 1.29 is 9.53 Å². The lowest BCUT2D eigenvalue weighted by atomic mass is 9.46. The Morgan fingerprint density at radius 2 is 1.75 bits per heavy atom. The summed E-state index contributed by atoms with van der Waals surface area (Å²) in [6, 6.07) is 0. The van der Waals surface area contributed by atoms with Gasteiger partial charge in [-0.1, -0.05) is 0 Å². The second-order valence-corrected chi connectivity index (χ2v) is 7.60. The molecule has 0 aromatic heterocycles. The van der Waals surface area contributed by atoms with Crippen molar-refractivity contribution in [3.8, 4) is 0 Å². The summed E-state index contributed by atoms with van der Waals surface area (Å²) in [5.41, 5.74) is 0.178. The average Bonchev–Trinajstić information content (AvgIpc) is 2.44. The molecule has 1 amide bonds. The molecule has 5 aliphatic rings. The number of hydrogen-bond acceptors (Lipinski definition) is 2. The highest BCUT2D eigenvalue weighted by Crippen LogP contribution is 2.62. The topological polar surface area (TPSA) is 29.5 Å². The third-order valence-electron chi connectivity index (χ3n) is 6.75. The van der Waals surface area contributed by atoms with Crippen molar-refractivity contribution in [3.05, 3.63) is 0 Å². The maximum atomic E-state index is 12.5. The van der Waals surface area contributed by atoms with Crippen LogP contribution in [0.25, 0.3) is 0 Å². The van der Waals surface area contributed by atoms with Gasteiger partial charge in [-0.15, -0.1) is 0 Å². The van der Waals surface area contributed by atoms with Crippen molar-refractivity contribution in [3.63, 3.8) is 0 Å². The lowest BCUT2D eigenvalue weighted by molar-refractivity contribution is -0.141.